The van der Waals surface area contributed by atoms with E-state index in [-0.39, 0.29) is 12.6 Å². The van der Waals surface area contributed by atoms with Crippen molar-refractivity contribution in [2.24, 2.45) is 0 Å². The molecule has 1 atom stereocenters. The molecule has 0 aromatic carbocycles. The molecule has 0 spiro atoms. The zero-order valence-electron chi connectivity index (χ0n) is 11.1. The molecule has 1 saturated heterocycles. The van der Waals surface area contributed by atoms with E-state index in [2.05, 4.69) is 0 Å². The van der Waals surface area contributed by atoms with Crippen LogP contribution in [-0.2, 0) is 9.53 Å². The third-order valence-corrected chi connectivity index (χ3v) is 3.04. The molecule has 1 aliphatic rings. The number of esters is 1. The molecule has 6 heteroatoms. The van der Waals surface area contributed by atoms with E-state index in [1.165, 1.54) is 9.80 Å². The standard InChI is InChI=1S/C12H19N3O3/c1-4-18-10(16)12(9-13)7-5-6-8-15(12)11(17)14(2)3/h4-8H2,1-3H3. The van der Waals surface area contributed by atoms with Crippen LogP contribution >= 0.6 is 0 Å². The van der Waals surface area contributed by atoms with Crippen molar-refractivity contribution in [1.29, 1.82) is 5.26 Å². The lowest BCUT2D eigenvalue weighted by molar-refractivity contribution is -0.154. The first-order valence-corrected chi connectivity index (χ1v) is 6.07. The Hall–Kier alpha value is -1.77. The van der Waals surface area contributed by atoms with Crippen molar-refractivity contribution in [3.8, 4) is 6.07 Å². The largest absolute Gasteiger partial charge is 0.463 e. The molecular weight excluding hydrogens is 234 g/mol. The summed E-state index contributed by atoms with van der Waals surface area (Å²) >= 11 is 0. The zero-order chi connectivity index (χ0) is 13.8. The zero-order valence-corrected chi connectivity index (χ0v) is 11.1. The first-order chi connectivity index (χ1) is 8.49. The van der Waals surface area contributed by atoms with Gasteiger partial charge in [-0.25, -0.2) is 9.59 Å². The van der Waals surface area contributed by atoms with Crippen molar-refractivity contribution in [3.05, 3.63) is 0 Å². The number of nitrogens with zero attached hydrogens (tertiary/aromatic N) is 3. The van der Waals surface area contributed by atoms with Crippen LogP contribution < -0.4 is 0 Å². The monoisotopic (exact) mass is 253 g/mol. The number of hydrogen-bond donors (Lipinski definition) is 0. The van der Waals surface area contributed by atoms with Crippen LogP contribution in [0.25, 0.3) is 0 Å². The summed E-state index contributed by atoms with van der Waals surface area (Å²) in [4.78, 5) is 26.8. The number of carbonyl (C=O) groups is 2. The summed E-state index contributed by atoms with van der Waals surface area (Å²) in [5, 5.41) is 9.38. The highest BCUT2D eigenvalue weighted by molar-refractivity contribution is 5.90. The van der Waals surface area contributed by atoms with Gasteiger partial charge in [-0.1, -0.05) is 0 Å². The number of urea groups is 1. The van der Waals surface area contributed by atoms with E-state index in [1.807, 2.05) is 6.07 Å². The summed E-state index contributed by atoms with van der Waals surface area (Å²) in [7, 11) is 3.20. The summed E-state index contributed by atoms with van der Waals surface area (Å²) in [6.45, 7) is 2.29. The molecular formula is C12H19N3O3. The van der Waals surface area contributed by atoms with Gasteiger partial charge in [0.25, 0.3) is 0 Å². The van der Waals surface area contributed by atoms with Crippen LogP contribution in [0.15, 0.2) is 0 Å². The minimum atomic E-state index is -1.46. The third kappa shape index (κ3) is 2.40. The molecule has 1 heterocycles. The molecule has 0 saturated carbocycles. The number of nitriles is 1. The summed E-state index contributed by atoms with van der Waals surface area (Å²) < 4.78 is 4.96. The second kappa shape index (κ2) is 5.71. The summed E-state index contributed by atoms with van der Waals surface area (Å²) in [6.07, 6.45) is 1.87. The van der Waals surface area contributed by atoms with Crippen molar-refractivity contribution < 1.29 is 14.3 Å². The van der Waals surface area contributed by atoms with Gasteiger partial charge in [-0.2, -0.15) is 5.26 Å². The van der Waals surface area contributed by atoms with E-state index in [0.29, 0.717) is 13.0 Å². The van der Waals surface area contributed by atoms with E-state index in [1.54, 1.807) is 21.0 Å². The number of hydrogen-bond acceptors (Lipinski definition) is 4. The van der Waals surface area contributed by atoms with Crippen LogP contribution in [0, 0.1) is 11.3 Å². The highest BCUT2D eigenvalue weighted by Gasteiger charge is 2.50. The highest BCUT2D eigenvalue weighted by Crippen LogP contribution is 2.30. The van der Waals surface area contributed by atoms with Gasteiger partial charge in [0.05, 0.1) is 6.61 Å². The van der Waals surface area contributed by atoms with Gasteiger partial charge in [0.2, 0.25) is 5.54 Å². The Bertz CT molecular complexity index is 375. The van der Waals surface area contributed by atoms with Crippen LogP contribution in [0.4, 0.5) is 4.79 Å². The lowest BCUT2D eigenvalue weighted by atomic mass is 9.88. The summed E-state index contributed by atoms with van der Waals surface area (Å²) in [5.74, 6) is -0.623. The van der Waals surface area contributed by atoms with E-state index >= 15 is 0 Å². The maximum absolute atomic E-state index is 12.1. The molecule has 0 bridgehead atoms. The van der Waals surface area contributed by atoms with Crippen LogP contribution in [-0.4, -0.2) is 54.6 Å². The molecule has 18 heavy (non-hydrogen) atoms. The number of ether oxygens (including phenoxy) is 1. The number of likely N-dealkylation sites (tertiary alicyclic amines) is 1. The third-order valence-electron chi connectivity index (χ3n) is 3.04. The Morgan fingerprint density at radius 2 is 2.11 bits per heavy atom. The molecule has 0 aromatic rings. The average Bonchev–Trinajstić information content (AvgIpc) is 2.37. The van der Waals surface area contributed by atoms with Gasteiger partial charge >= 0.3 is 12.0 Å². The lowest BCUT2D eigenvalue weighted by Gasteiger charge is -2.41. The fraction of sp³-hybridized carbons (Fsp3) is 0.750. The lowest BCUT2D eigenvalue weighted by Crippen LogP contribution is -2.61. The molecule has 0 aromatic heterocycles. The van der Waals surface area contributed by atoms with Gasteiger partial charge in [0.1, 0.15) is 6.07 Å². The topological polar surface area (TPSA) is 73.6 Å². The molecule has 100 valence electrons. The quantitative estimate of drug-likeness (QED) is 0.687. The van der Waals surface area contributed by atoms with Crippen LogP contribution in [0.1, 0.15) is 26.2 Å². The fourth-order valence-corrected chi connectivity index (χ4v) is 2.10. The van der Waals surface area contributed by atoms with Crippen molar-refractivity contribution in [2.75, 3.05) is 27.2 Å². The van der Waals surface area contributed by atoms with Crippen molar-refractivity contribution in [2.45, 2.75) is 31.7 Å². The second-order valence-electron chi connectivity index (χ2n) is 4.48. The molecule has 6 nitrogen and oxygen atoms in total. The molecule has 1 fully saturated rings. The second-order valence-corrected chi connectivity index (χ2v) is 4.48. The minimum absolute atomic E-state index is 0.201. The van der Waals surface area contributed by atoms with Crippen molar-refractivity contribution >= 4 is 12.0 Å². The highest BCUT2D eigenvalue weighted by atomic mass is 16.5. The predicted molar refractivity (Wildman–Crippen MR) is 64.6 cm³/mol. The van der Waals surface area contributed by atoms with E-state index < -0.39 is 11.5 Å². The maximum atomic E-state index is 12.1. The summed E-state index contributed by atoms with van der Waals surface area (Å²) in [5.41, 5.74) is -1.46. The van der Waals surface area contributed by atoms with Gasteiger partial charge in [0.15, 0.2) is 0 Å². The fourth-order valence-electron chi connectivity index (χ4n) is 2.10. The predicted octanol–water partition coefficient (Wildman–Crippen LogP) is 0.979. The van der Waals surface area contributed by atoms with Gasteiger partial charge < -0.3 is 9.64 Å². The van der Waals surface area contributed by atoms with Crippen molar-refractivity contribution in [3.63, 3.8) is 0 Å². The average molecular weight is 253 g/mol. The smallest absolute Gasteiger partial charge is 0.347 e. The number of rotatable bonds is 2. The van der Waals surface area contributed by atoms with Gasteiger partial charge in [0, 0.05) is 20.6 Å². The number of piperidine rings is 1. The SMILES string of the molecule is CCOC(=O)C1(C#N)CCCCN1C(=O)N(C)C. The molecule has 2 amide bonds. The first-order valence-electron chi connectivity index (χ1n) is 6.07. The minimum Gasteiger partial charge on any atom is -0.463 e. The van der Waals surface area contributed by atoms with Gasteiger partial charge in [-0.3, -0.25) is 4.90 Å². The molecule has 1 rings (SSSR count). The Morgan fingerprint density at radius 1 is 1.44 bits per heavy atom. The Balaban J connectivity index is 3.08. The Kier molecular flexibility index (Phi) is 4.54. The normalized spacial score (nSPS) is 23.1. The van der Waals surface area contributed by atoms with Crippen LogP contribution in [0.5, 0.6) is 0 Å². The first kappa shape index (κ1) is 14.3. The summed E-state index contributed by atoms with van der Waals surface area (Å²) in [6, 6.07) is 1.66. The molecule has 0 radical (unpaired) electrons. The van der Waals surface area contributed by atoms with E-state index in [0.717, 1.165) is 12.8 Å². The number of amides is 2. The molecule has 0 aliphatic carbocycles. The van der Waals surface area contributed by atoms with Crippen LogP contribution in [0.3, 0.4) is 0 Å². The molecule has 0 N–H and O–H groups in total. The Labute approximate surface area is 107 Å². The van der Waals surface area contributed by atoms with Gasteiger partial charge in [-0.15, -0.1) is 0 Å². The Morgan fingerprint density at radius 3 is 2.61 bits per heavy atom. The maximum Gasteiger partial charge on any atom is 0.347 e. The molecule has 1 aliphatic heterocycles. The van der Waals surface area contributed by atoms with E-state index in [9.17, 15) is 14.9 Å². The van der Waals surface area contributed by atoms with Gasteiger partial charge in [-0.05, 0) is 26.2 Å². The van der Waals surface area contributed by atoms with E-state index in [4.69, 9.17) is 4.74 Å². The van der Waals surface area contributed by atoms with Crippen molar-refractivity contribution in [1.82, 2.24) is 9.80 Å². The molecule has 1 unspecified atom stereocenters. The van der Waals surface area contributed by atoms with Crippen LogP contribution in [0.2, 0.25) is 0 Å². The number of carbonyl (C=O) groups excluding carboxylic acids is 2.